The molecule has 2 fully saturated rings. The Balaban J connectivity index is 1.55. The van der Waals surface area contributed by atoms with Crippen molar-refractivity contribution in [3.63, 3.8) is 0 Å². The molecule has 3 heterocycles. The molecule has 1 aromatic heterocycles. The van der Waals surface area contributed by atoms with Crippen LogP contribution in [0.15, 0.2) is 0 Å². The summed E-state index contributed by atoms with van der Waals surface area (Å²) in [6.45, 7) is 6.98. The summed E-state index contributed by atoms with van der Waals surface area (Å²) in [4.78, 5) is 14.5. The highest BCUT2D eigenvalue weighted by Crippen LogP contribution is 2.26. The van der Waals surface area contributed by atoms with Crippen molar-refractivity contribution in [1.29, 1.82) is 0 Å². The Labute approximate surface area is 131 Å². The number of amides is 1. The van der Waals surface area contributed by atoms with Crippen LogP contribution in [-0.4, -0.2) is 53.2 Å². The van der Waals surface area contributed by atoms with Gasteiger partial charge in [-0.2, -0.15) is 5.10 Å². The molecule has 2 saturated heterocycles. The van der Waals surface area contributed by atoms with Gasteiger partial charge in [-0.25, -0.2) is 0 Å². The first-order chi connectivity index (χ1) is 10.6. The number of ether oxygens (including phenoxy) is 2. The Kier molecular flexibility index (Phi) is 4.49. The number of hydrogen-bond donors (Lipinski definition) is 0. The lowest BCUT2D eigenvalue weighted by atomic mass is 9.95. The molecule has 6 nitrogen and oxygen atoms in total. The minimum absolute atomic E-state index is 0.0555. The van der Waals surface area contributed by atoms with E-state index in [-0.39, 0.29) is 12.2 Å². The third-order valence-electron chi connectivity index (χ3n) is 4.91. The average molecular weight is 307 g/mol. The van der Waals surface area contributed by atoms with Crippen molar-refractivity contribution >= 4 is 5.91 Å². The molecular formula is C16H25N3O3. The fourth-order valence-corrected chi connectivity index (χ4v) is 3.41. The molecule has 3 rings (SSSR count). The van der Waals surface area contributed by atoms with Crippen LogP contribution in [-0.2, 0) is 27.7 Å². The Hall–Kier alpha value is -1.40. The summed E-state index contributed by atoms with van der Waals surface area (Å²) in [5.41, 5.74) is 3.10. The van der Waals surface area contributed by atoms with Crippen LogP contribution in [0.3, 0.4) is 0 Å². The Bertz CT molecular complexity index is 541. The molecule has 22 heavy (non-hydrogen) atoms. The van der Waals surface area contributed by atoms with Gasteiger partial charge < -0.3 is 14.4 Å². The molecule has 2 aliphatic rings. The second-order valence-electron chi connectivity index (χ2n) is 6.28. The van der Waals surface area contributed by atoms with Gasteiger partial charge in [0.1, 0.15) is 0 Å². The SMILES string of the molecule is Cc1nn(C)c(C)c1CC(=O)N1CCC(C2OCCO2)CC1. The van der Waals surface area contributed by atoms with Crippen molar-refractivity contribution < 1.29 is 14.3 Å². The standard InChI is InChI=1S/C16H25N3O3/c1-11-14(12(2)18(3)17-11)10-15(20)19-6-4-13(5-7-19)16-21-8-9-22-16/h13,16H,4-10H2,1-3H3. The van der Waals surface area contributed by atoms with Crippen molar-refractivity contribution in [3.8, 4) is 0 Å². The van der Waals surface area contributed by atoms with Crippen LogP contribution in [0.5, 0.6) is 0 Å². The van der Waals surface area contributed by atoms with Gasteiger partial charge in [0, 0.05) is 37.3 Å². The van der Waals surface area contributed by atoms with Crippen molar-refractivity contribution in [1.82, 2.24) is 14.7 Å². The Morgan fingerprint density at radius 3 is 2.41 bits per heavy atom. The maximum Gasteiger partial charge on any atom is 0.227 e. The van der Waals surface area contributed by atoms with Gasteiger partial charge in [-0.05, 0) is 26.7 Å². The average Bonchev–Trinajstić information content (AvgIpc) is 3.12. The monoisotopic (exact) mass is 307 g/mol. The first-order valence-corrected chi connectivity index (χ1v) is 8.06. The van der Waals surface area contributed by atoms with E-state index in [1.165, 1.54) is 0 Å². The van der Waals surface area contributed by atoms with E-state index >= 15 is 0 Å². The molecule has 0 atom stereocenters. The quantitative estimate of drug-likeness (QED) is 0.842. The Morgan fingerprint density at radius 2 is 1.86 bits per heavy atom. The van der Waals surface area contributed by atoms with Gasteiger partial charge >= 0.3 is 0 Å². The van der Waals surface area contributed by atoms with Gasteiger partial charge in [0.2, 0.25) is 5.91 Å². The van der Waals surface area contributed by atoms with E-state index in [1.54, 1.807) is 0 Å². The number of likely N-dealkylation sites (tertiary alicyclic amines) is 1. The maximum atomic E-state index is 12.5. The van der Waals surface area contributed by atoms with Crippen molar-refractivity contribution in [2.45, 2.75) is 39.4 Å². The lowest BCUT2D eigenvalue weighted by Gasteiger charge is -2.34. The largest absolute Gasteiger partial charge is 0.350 e. The summed E-state index contributed by atoms with van der Waals surface area (Å²) >= 11 is 0. The number of hydrogen-bond acceptors (Lipinski definition) is 4. The highest BCUT2D eigenvalue weighted by Gasteiger charge is 2.32. The highest BCUT2D eigenvalue weighted by atomic mass is 16.7. The highest BCUT2D eigenvalue weighted by molar-refractivity contribution is 5.79. The summed E-state index contributed by atoms with van der Waals surface area (Å²) < 4.78 is 13.0. The van der Waals surface area contributed by atoms with Crippen LogP contribution in [0.1, 0.15) is 29.8 Å². The van der Waals surface area contributed by atoms with Crippen LogP contribution < -0.4 is 0 Å². The van der Waals surface area contributed by atoms with E-state index in [1.807, 2.05) is 30.5 Å². The zero-order valence-corrected chi connectivity index (χ0v) is 13.7. The lowest BCUT2D eigenvalue weighted by molar-refractivity contribution is -0.136. The van der Waals surface area contributed by atoms with E-state index in [0.717, 1.165) is 42.9 Å². The topological polar surface area (TPSA) is 56.6 Å². The van der Waals surface area contributed by atoms with Crippen LogP contribution in [0.2, 0.25) is 0 Å². The van der Waals surface area contributed by atoms with E-state index < -0.39 is 0 Å². The zero-order valence-electron chi connectivity index (χ0n) is 13.7. The third kappa shape index (κ3) is 3.03. The predicted molar refractivity (Wildman–Crippen MR) is 81.4 cm³/mol. The summed E-state index contributed by atoms with van der Waals surface area (Å²) in [5.74, 6) is 0.624. The molecule has 0 unspecified atom stereocenters. The van der Waals surface area contributed by atoms with Crippen molar-refractivity contribution in [2.24, 2.45) is 13.0 Å². The number of piperidine rings is 1. The van der Waals surface area contributed by atoms with Crippen molar-refractivity contribution in [2.75, 3.05) is 26.3 Å². The lowest BCUT2D eigenvalue weighted by Crippen LogP contribution is -2.42. The van der Waals surface area contributed by atoms with Crippen molar-refractivity contribution in [3.05, 3.63) is 17.0 Å². The molecule has 122 valence electrons. The fourth-order valence-electron chi connectivity index (χ4n) is 3.41. The number of aryl methyl sites for hydroxylation is 2. The van der Waals surface area contributed by atoms with Gasteiger partial charge in [0.05, 0.1) is 25.3 Å². The summed E-state index contributed by atoms with van der Waals surface area (Å²) in [6.07, 6.45) is 2.31. The van der Waals surface area contributed by atoms with Gasteiger partial charge in [-0.1, -0.05) is 0 Å². The first kappa shape index (κ1) is 15.5. The molecule has 0 spiro atoms. The summed E-state index contributed by atoms with van der Waals surface area (Å²) in [6, 6.07) is 0. The maximum absolute atomic E-state index is 12.5. The molecule has 1 aromatic rings. The number of carbonyl (C=O) groups is 1. The van der Waals surface area contributed by atoms with E-state index in [2.05, 4.69) is 5.10 Å². The molecule has 0 aromatic carbocycles. The number of rotatable bonds is 3. The number of nitrogens with zero attached hydrogens (tertiary/aromatic N) is 3. The van der Waals surface area contributed by atoms with Gasteiger partial charge in [0.15, 0.2) is 6.29 Å². The van der Waals surface area contributed by atoms with Crippen LogP contribution in [0, 0.1) is 19.8 Å². The van der Waals surface area contributed by atoms with E-state index in [9.17, 15) is 4.79 Å². The number of carbonyl (C=O) groups excluding carboxylic acids is 1. The summed E-state index contributed by atoms with van der Waals surface area (Å²) in [5, 5.41) is 4.39. The molecule has 0 bridgehead atoms. The Morgan fingerprint density at radius 1 is 1.23 bits per heavy atom. The first-order valence-electron chi connectivity index (χ1n) is 8.06. The van der Waals surface area contributed by atoms with Crippen LogP contribution >= 0.6 is 0 Å². The normalized spacial score (nSPS) is 20.8. The predicted octanol–water partition coefficient (Wildman–Crippen LogP) is 1.19. The molecule has 0 N–H and O–H groups in total. The second kappa shape index (κ2) is 6.38. The molecular weight excluding hydrogens is 282 g/mol. The smallest absolute Gasteiger partial charge is 0.227 e. The van der Waals surface area contributed by atoms with E-state index in [4.69, 9.17) is 9.47 Å². The molecule has 2 aliphatic heterocycles. The molecule has 0 saturated carbocycles. The van der Waals surface area contributed by atoms with Crippen LogP contribution in [0.25, 0.3) is 0 Å². The minimum Gasteiger partial charge on any atom is -0.350 e. The zero-order chi connectivity index (χ0) is 15.7. The molecule has 0 aliphatic carbocycles. The van der Waals surface area contributed by atoms with Crippen LogP contribution in [0.4, 0.5) is 0 Å². The second-order valence-corrected chi connectivity index (χ2v) is 6.28. The van der Waals surface area contributed by atoms with Gasteiger partial charge in [-0.3, -0.25) is 9.48 Å². The molecule has 0 radical (unpaired) electrons. The van der Waals surface area contributed by atoms with Gasteiger partial charge in [0.25, 0.3) is 0 Å². The number of aromatic nitrogens is 2. The third-order valence-corrected chi connectivity index (χ3v) is 4.91. The molecule has 6 heteroatoms. The minimum atomic E-state index is -0.0555. The summed E-state index contributed by atoms with van der Waals surface area (Å²) in [7, 11) is 1.92. The molecule has 1 amide bonds. The fraction of sp³-hybridized carbons (Fsp3) is 0.750. The van der Waals surface area contributed by atoms with E-state index in [0.29, 0.717) is 25.6 Å². The van der Waals surface area contributed by atoms with Gasteiger partial charge in [-0.15, -0.1) is 0 Å².